The second-order valence-corrected chi connectivity index (χ2v) is 8.31. The number of H-pyrrole nitrogens is 1. The lowest BCUT2D eigenvalue weighted by atomic mass is 10.0. The summed E-state index contributed by atoms with van der Waals surface area (Å²) in [5.74, 6) is -0.129. The van der Waals surface area contributed by atoms with Gasteiger partial charge >= 0.3 is 6.09 Å². The number of nitrogens with zero attached hydrogens (tertiary/aromatic N) is 2. The number of aromatic nitrogens is 3. The third-order valence-electron chi connectivity index (χ3n) is 4.57. The van der Waals surface area contributed by atoms with Crippen LogP contribution < -0.4 is 10.6 Å². The van der Waals surface area contributed by atoms with E-state index in [9.17, 15) is 14.0 Å². The van der Waals surface area contributed by atoms with Crippen molar-refractivity contribution in [2.45, 2.75) is 64.0 Å². The van der Waals surface area contributed by atoms with Gasteiger partial charge in [-0.15, -0.1) is 0 Å². The molecule has 2 aromatic rings. The Hall–Kier alpha value is -2.97. The fourth-order valence-electron chi connectivity index (χ4n) is 3.29. The zero-order valence-corrected chi connectivity index (χ0v) is 16.8. The Bertz CT molecular complexity index is 860. The number of aromatic amines is 1. The molecule has 1 aliphatic rings. The van der Waals surface area contributed by atoms with Crippen LogP contribution in [-0.2, 0) is 16.0 Å². The molecule has 1 fully saturated rings. The number of anilines is 1. The number of alkyl carbamates (subject to hydrolysis) is 1. The molecule has 0 bridgehead atoms. The Morgan fingerprint density at radius 2 is 2.10 bits per heavy atom. The topological polar surface area (TPSA) is 109 Å². The van der Waals surface area contributed by atoms with Gasteiger partial charge in [-0.2, -0.15) is 5.10 Å². The van der Waals surface area contributed by atoms with Crippen molar-refractivity contribution in [1.82, 2.24) is 20.5 Å². The molecule has 3 rings (SSSR count). The van der Waals surface area contributed by atoms with E-state index in [-0.39, 0.29) is 29.9 Å². The van der Waals surface area contributed by atoms with Gasteiger partial charge in [0.1, 0.15) is 11.9 Å². The van der Waals surface area contributed by atoms with Crippen LogP contribution in [0.2, 0.25) is 0 Å². The van der Waals surface area contributed by atoms with Crippen LogP contribution in [0.25, 0.3) is 0 Å². The summed E-state index contributed by atoms with van der Waals surface area (Å²) < 4.78 is 18.4. The highest BCUT2D eigenvalue weighted by atomic mass is 19.1. The Kier molecular flexibility index (Phi) is 6.14. The normalized spacial score (nSPS) is 19.0. The lowest BCUT2D eigenvalue weighted by molar-refractivity contribution is -0.115. The standard InChI is InChI=1S/C20H26FN5O3/c1-20(2,3)24-19(28)29-15-7-4-12(8-15)16-10-17(26-25-16)23-18(27)9-14-6-5-13(21)11-22-14/h5-6,10-12,15H,4,7-9H2,1-3H3,(H,24,28)(H2,23,25,26,27)/t12-,15+/m0/s1. The van der Waals surface area contributed by atoms with E-state index in [4.69, 9.17) is 4.74 Å². The molecular weight excluding hydrogens is 377 g/mol. The minimum absolute atomic E-state index is 0.0324. The van der Waals surface area contributed by atoms with E-state index in [0.717, 1.165) is 24.7 Å². The summed E-state index contributed by atoms with van der Waals surface area (Å²) in [6.07, 6.45) is 2.90. The number of carbonyl (C=O) groups excluding carboxylic acids is 2. The van der Waals surface area contributed by atoms with Crippen molar-refractivity contribution in [3.05, 3.63) is 41.6 Å². The van der Waals surface area contributed by atoms with Crippen LogP contribution in [0, 0.1) is 5.82 Å². The fraction of sp³-hybridized carbons (Fsp3) is 0.500. The smallest absolute Gasteiger partial charge is 0.407 e. The zero-order chi connectivity index (χ0) is 21.0. The Balaban J connectivity index is 1.49. The van der Waals surface area contributed by atoms with Gasteiger partial charge in [0.2, 0.25) is 5.91 Å². The average molecular weight is 403 g/mol. The summed E-state index contributed by atoms with van der Waals surface area (Å²) in [5.41, 5.74) is 1.03. The molecule has 3 N–H and O–H groups in total. The monoisotopic (exact) mass is 403 g/mol. The van der Waals surface area contributed by atoms with Crippen LogP contribution in [0.15, 0.2) is 24.4 Å². The molecule has 2 aromatic heterocycles. The number of amides is 2. The summed E-state index contributed by atoms with van der Waals surface area (Å²) in [4.78, 5) is 27.9. The molecule has 0 aliphatic heterocycles. The van der Waals surface area contributed by atoms with Crippen LogP contribution in [0.4, 0.5) is 15.0 Å². The quantitative estimate of drug-likeness (QED) is 0.710. The van der Waals surface area contributed by atoms with E-state index in [1.54, 1.807) is 6.07 Å². The van der Waals surface area contributed by atoms with Gasteiger partial charge in [-0.3, -0.25) is 14.9 Å². The molecule has 2 atom stereocenters. The van der Waals surface area contributed by atoms with Crippen LogP contribution >= 0.6 is 0 Å². The maximum atomic E-state index is 12.9. The van der Waals surface area contributed by atoms with Crippen molar-refractivity contribution in [2.75, 3.05) is 5.32 Å². The molecule has 29 heavy (non-hydrogen) atoms. The first-order valence-electron chi connectivity index (χ1n) is 9.62. The van der Waals surface area contributed by atoms with Crippen LogP contribution in [-0.4, -0.2) is 38.8 Å². The second kappa shape index (κ2) is 8.59. The van der Waals surface area contributed by atoms with Gasteiger partial charge in [-0.25, -0.2) is 9.18 Å². The lowest BCUT2D eigenvalue weighted by Crippen LogP contribution is -2.42. The maximum absolute atomic E-state index is 12.9. The minimum atomic E-state index is -0.444. The fourth-order valence-corrected chi connectivity index (χ4v) is 3.29. The van der Waals surface area contributed by atoms with Gasteiger partial charge < -0.3 is 15.4 Å². The zero-order valence-electron chi connectivity index (χ0n) is 16.8. The first-order valence-corrected chi connectivity index (χ1v) is 9.62. The first-order chi connectivity index (χ1) is 13.7. The molecule has 2 amide bonds. The third kappa shape index (κ3) is 6.27. The number of nitrogens with one attached hydrogen (secondary N) is 3. The number of pyridine rings is 1. The molecule has 0 spiro atoms. The molecule has 0 aromatic carbocycles. The number of halogens is 1. The summed E-state index contributed by atoms with van der Waals surface area (Å²) in [7, 11) is 0. The molecule has 0 radical (unpaired) electrons. The van der Waals surface area contributed by atoms with Crippen LogP contribution in [0.1, 0.15) is 57.3 Å². The highest BCUT2D eigenvalue weighted by Crippen LogP contribution is 2.35. The Labute approximate surface area is 168 Å². The van der Waals surface area contributed by atoms with E-state index in [1.807, 2.05) is 20.8 Å². The van der Waals surface area contributed by atoms with Crippen molar-refractivity contribution < 1.29 is 18.7 Å². The molecule has 9 heteroatoms. The number of ether oxygens (including phenoxy) is 1. The molecule has 156 valence electrons. The minimum Gasteiger partial charge on any atom is -0.446 e. The predicted molar refractivity (Wildman–Crippen MR) is 105 cm³/mol. The molecule has 0 saturated heterocycles. The van der Waals surface area contributed by atoms with E-state index >= 15 is 0 Å². The van der Waals surface area contributed by atoms with Gasteiger partial charge in [-0.1, -0.05) is 0 Å². The average Bonchev–Trinajstić information content (AvgIpc) is 3.24. The van der Waals surface area contributed by atoms with Crippen LogP contribution in [0.5, 0.6) is 0 Å². The second-order valence-electron chi connectivity index (χ2n) is 8.31. The molecule has 1 saturated carbocycles. The Morgan fingerprint density at radius 3 is 2.79 bits per heavy atom. The highest BCUT2D eigenvalue weighted by Gasteiger charge is 2.30. The molecular formula is C20H26FN5O3. The van der Waals surface area contributed by atoms with Gasteiger partial charge in [0.25, 0.3) is 0 Å². The molecule has 1 aliphatic carbocycles. The van der Waals surface area contributed by atoms with Crippen molar-refractivity contribution in [1.29, 1.82) is 0 Å². The summed E-state index contributed by atoms with van der Waals surface area (Å²) in [6.45, 7) is 5.70. The summed E-state index contributed by atoms with van der Waals surface area (Å²) in [6, 6.07) is 4.53. The maximum Gasteiger partial charge on any atom is 0.407 e. The van der Waals surface area contributed by atoms with Crippen molar-refractivity contribution in [3.8, 4) is 0 Å². The van der Waals surface area contributed by atoms with Gasteiger partial charge in [0.05, 0.1) is 12.6 Å². The van der Waals surface area contributed by atoms with E-state index in [1.165, 1.54) is 12.1 Å². The SMILES string of the molecule is CC(C)(C)NC(=O)O[C@@H]1CC[C@H](c2cc(NC(=O)Cc3ccc(F)cn3)n[nH]2)C1. The Morgan fingerprint density at radius 1 is 1.31 bits per heavy atom. The molecule has 0 unspecified atom stereocenters. The summed E-state index contributed by atoms with van der Waals surface area (Å²) in [5, 5.41) is 12.6. The molecule has 8 nitrogen and oxygen atoms in total. The van der Waals surface area contributed by atoms with E-state index in [2.05, 4.69) is 25.8 Å². The number of rotatable bonds is 5. The van der Waals surface area contributed by atoms with E-state index in [0.29, 0.717) is 17.9 Å². The predicted octanol–water partition coefficient (Wildman–Crippen LogP) is 3.29. The number of hydrogen-bond acceptors (Lipinski definition) is 5. The van der Waals surface area contributed by atoms with Crippen molar-refractivity contribution >= 4 is 17.8 Å². The number of carbonyl (C=O) groups is 2. The van der Waals surface area contributed by atoms with Crippen LogP contribution in [0.3, 0.4) is 0 Å². The molecule has 2 heterocycles. The van der Waals surface area contributed by atoms with Gasteiger partial charge in [0, 0.05) is 28.9 Å². The number of hydrogen-bond donors (Lipinski definition) is 3. The van der Waals surface area contributed by atoms with Crippen molar-refractivity contribution in [3.63, 3.8) is 0 Å². The largest absolute Gasteiger partial charge is 0.446 e. The lowest BCUT2D eigenvalue weighted by Gasteiger charge is -2.22. The third-order valence-corrected chi connectivity index (χ3v) is 4.57. The first kappa shape index (κ1) is 20.8. The van der Waals surface area contributed by atoms with Gasteiger partial charge in [-0.05, 0) is 52.2 Å². The highest BCUT2D eigenvalue weighted by molar-refractivity contribution is 5.91. The van der Waals surface area contributed by atoms with Gasteiger partial charge in [0.15, 0.2) is 5.82 Å². The summed E-state index contributed by atoms with van der Waals surface area (Å²) >= 11 is 0. The van der Waals surface area contributed by atoms with Crippen molar-refractivity contribution in [2.24, 2.45) is 0 Å². The van der Waals surface area contributed by atoms with E-state index < -0.39 is 11.9 Å².